The standard InChI is InChI=1S/C18H26N2O3/c1-13(2)12-23-18(22)20-9-7-19(8-10-20)17(21)16-6-5-14(3)15(4)11-16/h5-6,11,13H,7-10,12H2,1-4H3. The maximum atomic E-state index is 12.5. The Morgan fingerprint density at radius 3 is 2.22 bits per heavy atom. The average Bonchev–Trinajstić information content (AvgIpc) is 2.54. The maximum Gasteiger partial charge on any atom is 0.409 e. The van der Waals surface area contributed by atoms with Crippen molar-refractivity contribution >= 4 is 12.0 Å². The minimum atomic E-state index is -0.281. The number of piperazine rings is 1. The van der Waals surface area contributed by atoms with Gasteiger partial charge < -0.3 is 14.5 Å². The van der Waals surface area contributed by atoms with Gasteiger partial charge in [0.2, 0.25) is 0 Å². The highest BCUT2D eigenvalue weighted by Crippen LogP contribution is 2.14. The molecule has 0 bridgehead atoms. The fourth-order valence-corrected chi connectivity index (χ4v) is 2.48. The van der Waals surface area contributed by atoms with Crippen molar-refractivity contribution in [1.29, 1.82) is 0 Å². The molecule has 1 fully saturated rings. The van der Waals surface area contributed by atoms with Crippen LogP contribution in [0.3, 0.4) is 0 Å². The van der Waals surface area contributed by atoms with Crippen LogP contribution in [0.2, 0.25) is 0 Å². The number of hydrogen-bond donors (Lipinski definition) is 0. The lowest BCUT2D eigenvalue weighted by Gasteiger charge is -2.34. The number of carbonyl (C=O) groups excluding carboxylic acids is 2. The van der Waals surface area contributed by atoms with Crippen molar-refractivity contribution in [1.82, 2.24) is 9.80 Å². The number of amides is 2. The Hall–Kier alpha value is -2.04. The van der Waals surface area contributed by atoms with Gasteiger partial charge in [0.25, 0.3) is 5.91 Å². The number of ether oxygens (including phenoxy) is 1. The van der Waals surface area contributed by atoms with Gasteiger partial charge in [-0.1, -0.05) is 19.9 Å². The van der Waals surface area contributed by atoms with Crippen LogP contribution in [-0.2, 0) is 4.74 Å². The van der Waals surface area contributed by atoms with E-state index in [0.29, 0.717) is 44.3 Å². The lowest BCUT2D eigenvalue weighted by atomic mass is 10.1. The SMILES string of the molecule is Cc1ccc(C(=O)N2CCN(C(=O)OCC(C)C)CC2)cc1C. The zero-order valence-electron chi connectivity index (χ0n) is 14.5. The predicted octanol–water partition coefficient (Wildman–Crippen LogP) is 2.85. The van der Waals surface area contributed by atoms with Gasteiger partial charge in [-0.15, -0.1) is 0 Å². The summed E-state index contributed by atoms with van der Waals surface area (Å²) in [5.74, 6) is 0.356. The first-order valence-electron chi connectivity index (χ1n) is 8.16. The van der Waals surface area contributed by atoms with E-state index in [1.807, 2.05) is 45.9 Å². The smallest absolute Gasteiger partial charge is 0.409 e. The number of hydrogen-bond acceptors (Lipinski definition) is 3. The van der Waals surface area contributed by atoms with Crippen molar-refractivity contribution in [2.75, 3.05) is 32.8 Å². The number of carbonyl (C=O) groups is 2. The van der Waals surface area contributed by atoms with Crippen molar-refractivity contribution in [3.8, 4) is 0 Å². The monoisotopic (exact) mass is 318 g/mol. The largest absolute Gasteiger partial charge is 0.449 e. The van der Waals surface area contributed by atoms with E-state index in [1.54, 1.807) is 9.80 Å². The summed E-state index contributed by atoms with van der Waals surface area (Å²) in [6.07, 6.45) is -0.281. The van der Waals surface area contributed by atoms with E-state index >= 15 is 0 Å². The number of rotatable bonds is 3. The third-order valence-electron chi connectivity index (χ3n) is 4.12. The highest BCUT2D eigenvalue weighted by Gasteiger charge is 2.25. The molecule has 0 aliphatic carbocycles. The van der Waals surface area contributed by atoms with E-state index in [2.05, 4.69) is 0 Å². The van der Waals surface area contributed by atoms with Gasteiger partial charge in [0.05, 0.1) is 6.61 Å². The van der Waals surface area contributed by atoms with Crippen molar-refractivity contribution < 1.29 is 14.3 Å². The predicted molar refractivity (Wildman–Crippen MR) is 89.6 cm³/mol. The molecule has 5 nitrogen and oxygen atoms in total. The Bertz CT molecular complexity index is 576. The quantitative estimate of drug-likeness (QED) is 0.861. The van der Waals surface area contributed by atoms with Gasteiger partial charge in [0.15, 0.2) is 0 Å². The van der Waals surface area contributed by atoms with Crippen LogP contribution in [0.1, 0.15) is 35.3 Å². The first-order valence-corrected chi connectivity index (χ1v) is 8.16. The minimum absolute atomic E-state index is 0.0308. The Kier molecular flexibility index (Phi) is 5.64. The van der Waals surface area contributed by atoms with Crippen LogP contribution < -0.4 is 0 Å². The summed E-state index contributed by atoms with van der Waals surface area (Å²) in [7, 11) is 0. The molecule has 0 aromatic heterocycles. The van der Waals surface area contributed by atoms with Crippen LogP contribution in [-0.4, -0.2) is 54.6 Å². The van der Waals surface area contributed by atoms with Gasteiger partial charge in [0, 0.05) is 31.7 Å². The van der Waals surface area contributed by atoms with Crippen molar-refractivity contribution in [2.45, 2.75) is 27.7 Å². The second kappa shape index (κ2) is 7.49. The summed E-state index contributed by atoms with van der Waals surface area (Å²) in [6.45, 7) is 10.6. The second-order valence-electron chi connectivity index (χ2n) is 6.55. The highest BCUT2D eigenvalue weighted by molar-refractivity contribution is 5.94. The summed E-state index contributed by atoms with van der Waals surface area (Å²) in [6, 6.07) is 5.77. The van der Waals surface area contributed by atoms with Crippen LogP contribution in [0.25, 0.3) is 0 Å². The molecule has 1 aromatic rings. The van der Waals surface area contributed by atoms with Crippen molar-refractivity contribution in [3.05, 3.63) is 34.9 Å². The molecule has 1 heterocycles. The zero-order chi connectivity index (χ0) is 17.0. The summed E-state index contributed by atoms with van der Waals surface area (Å²) >= 11 is 0. The molecule has 1 aliphatic heterocycles. The minimum Gasteiger partial charge on any atom is -0.449 e. The molecular weight excluding hydrogens is 292 g/mol. The molecule has 0 radical (unpaired) electrons. The van der Waals surface area contributed by atoms with E-state index in [9.17, 15) is 9.59 Å². The van der Waals surface area contributed by atoms with Crippen LogP contribution in [0, 0.1) is 19.8 Å². The number of aryl methyl sites for hydroxylation is 2. The van der Waals surface area contributed by atoms with Crippen LogP contribution in [0.5, 0.6) is 0 Å². The Morgan fingerprint density at radius 2 is 1.65 bits per heavy atom. The molecule has 0 atom stereocenters. The van der Waals surface area contributed by atoms with Crippen LogP contribution in [0.4, 0.5) is 4.79 Å². The summed E-state index contributed by atoms with van der Waals surface area (Å²) in [5.41, 5.74) is 3.01. The molecule has 5 heteroatoms. The van der Waals surface area contributed by atoms with Crippen LogP contribution in [0.15, 0.2) is 18.2 Å². The molecule has 2 amide bonds. The van der Waals surface area contributed by atoms with Crippen LogP contribution >= 0.6 is 0 Å². The van der Waals surface area contributed by atoms with E-state index in [-0.39, 0.29) is 12.0 Å². The third-order valence-corrected chi connectivity index (χ3v) is 4.12. The molecule has 0 saturated carbocycles. The first-order chi connectivity index (χ1) is 10.9. The fraction of sp³-hybridized carbons (Fsp3) is 0.556. The van der Waals surface area contributed by atoms with Crippen molar-refractivity contribution in [3.63, 3.8) is 0 Å². The summed E-state index contributed by atoms with van der Waals surface area (Å²) in [4.78, 5) is 28.0. The average molecular weight is 318 g/mol. The summed E-state index contributed by atoms with van der Waals surface area (Å²) in [5, 5.41) is 0. The zero-order valence-corrected chi connectivity index (χ0v) is 14.5. The van der Waals surface area contributed by atoms with Gasteiger partial charge >= 0.3 is 6.09 Å². The van der Waals surface area contributed by atoms with E-state index in [4.69, 9.17) is 4.74 Å². The topological polar surface area (TPSA) is 49.9 Å². The van der Waals surface area contributed by atoms with Gasteiger partial charge in [-0.2, -0.15) is 0 Å². The highest BCUT2D eigenvalue weighted by atomic mass is 16.6. The van der Waals surface area contributed by atoms with E-state index < -0.39 is 0 Å². The molecule has 1 aromatic carbocycles. The number of nitrogens with zero attached hydrogens (tertiary/aromatic N) is 2. The van der Waals surface area contributed by atoms with Gasteiger partial charge in [-0.3, -0.25) is 4.79 Å². The van der Waals surface area contributed by atoms with Gasteiger partial charge in [0.1, 0.15) is 0 Å². The molecule has 2 rings (SSSR count). The molecule has 0 N–H and O–H groups in total. The molecule has 1 saturated heterocycles. The molecule has 0 unspecified atom stereocenters. The number of benzene rings is 1. The first kappa shape index (κ1) is 17.3. The summed E-state index contributed by atoms with van der Waals surface area (Å²) < 4.78 is 5.24. The molecule has 1 aliphatic rings. The lowest BCUT2D eigenvalue weighted by Crippen LogP contribution is -2.50. The Balaban J connectivity index is 1.89. The van der Waals surface area contributed by atoms with Gasteiger partial charge in [-0.25, -0.2) is 4.79 Å². The second-order valence-corrected chi connectivity index (χ2v) is 6.55. The molecular formula is C18H26N2O3. The molecule has 23 heavy (non-hydrogen) atoms. The normalized spacial score (nSPS) is 15.0. The molecule has 126 valence electrons. The third kappa shape index (κ3) is 4.47. The Labute approximate surface area is 138 Å². The lowest BCUT2D eigenvalue weighted by molar-refractivity contribution is 0.0535. The van der Waals surface area contributed by atoms with Crippen molar-refractivity contribution in [2.24, 2.45) is 5.92 Å². The Morgan fingerprint density at radius 1 is 1.04 bits per heavy atom. The fourth-order valence-electron chi connectivity index (χ4n) is 2.48. The van der Waals surface area contributed by atoms with Gasteiger partial charge in [-0.05, 0) is 43.0 Å². The van der Waals surface area contributed by atoms with E-state index in [1.165, 1.54) is 5.56 Å². The molecule has 0 spiro atoms. The van der Waals surface area contributed by atoms with E-state index in [0.717, 1.165) is 5.56 Å². The maximum absolute atomic E-state index is 12.5.